The van der Waals surface area contributed by atoms with Crippen LogP contribution in [-0.2, 0) is 9.53 Å². The average Bonchev–Trinajstić information content (AvgIpc) is 2.76. The van der Waals surface area contributed by atoms with Gasteiger partial charge in [0.05, 0.1) is 6.61 Å². The lowest BCUT2D eigenvalue weighted by atomic mass is 9.83. The van der Waals surface area contributed by atoms with Gasteiger partial charge in [-0.2, -0.15) is 0 Å². The van der Waals surface area contributed by atoms with Crippen LogP contribution in [0, 0.1) is 0 Å². The van der Waals surface area contributed by atoms with Crippen LogP contribution in [0.15, 0.2) is 84.0 Å². The molecule has 0 atom stereocenters. The van der Waals surface area contributed by atoms with Crippen LogP contribution in [0.5, 0.6) is 0 Å². The molecule has 0 saturated carbocycles. The molecular formula is C27H24O4. The summed E-state index contributed by atoms with van der Waals surface area (Å²) in [5, 5.41) is 0. The molecule has 156 valence electrons. The molecule has 0 fully saturated rings. The lowest BCUT2D eigenvalue weighted by molar-refractivity contribution is -0.137. The first kappa shape index (κ1) is 21.9. The largest absolute Gasteiger partial charge is 0.463 e. The molecule has 3 rings (SSSR count). The Bertz CT molecular complexity index is 1160. The van der Waals surface area contributed by atoms with Gasteiger partial charge in [0.25, 0.3) is 0 Å². The van der Waals surface area contributed by atoms with E-state index in [1.54, 1.807) is 43.3 Å². The van der Waals surface area contributed by atoms with E-state index in [0.717, 1.165) is 16.7 Å². The van der Waals surface area contributed by atoms with E-state index in [9.17, 15) is 14.4 Å². The zero-order valence-corrected chi connectivity index (χ0v) is 17.8. The summed E-state index contributed by atoms with van der Waals surface area (Å²) in [5.74, 6) is -0.596. The Balaban J connectivity index is 1.74. The second kappa shape index (κ2) is 9.81. The monoisotopic (exact) mass is 412 g/mol. The number of fused-ring (bicyclic) bond motifs is 2. The van der Waals surface area contributed by atoms with Crippen molar-refractivity contribution < 1.29 is 19.1 Å². The van der Waals surface area contributed by atoms with Gasteiger partial charge in [-0.1, -0.05) is 66.3 Å². The maximum Gasteiger partial charge on any atom is 0.330 e. The third kappa shape index (κ3) is 5.23. The molecule has 2 aromatic rings. The van der Waals surface area contributed by atoms with Gasteiger partial charge < -0.3 is 4.74 Å². The molecule has 31 heavy (non-hydrogen) atoms. The summed E-state index contributed by atoms with van der Waals surface area (Å²) in [6.07, 6.45) is 10.9. The number of esters is 1. The number of allylic oxidation sites excluding steroid dienone is 6. The first-order chi connectivity index (χ1) is 14.9. The van der Waals surface area contributed by atoms with Gasteiger partial charge in [-0.05, 0) is 44.0 Å². The fourth-order valence-electron chi connectivity index (χ4n) is 3.27. The standard InChI is InChI=1S/C27H24O4/c1-4-31-25(28)16-19(3)9-7-8-18(2)12-13-20-14-15-23-24(17-20)27(30)22-11-6-5-10-21(22)26(23)29/h5-17H,4H2,1-3H3/b9-7+,13-12+,18-8+,19-16+. The normalized spacial score (nSPS) is 14.2. The molecule has 0 spiro atoms. The summed E-state index contributed by atoms with van der Waals surface area (Å²) in [7, 11) is 0. The summed E-state index contributed by atoms with van der Waals surface area (Å²) in [6, 6.07) is 12.2. The molecule has 0 aliphatic heterocycles. The van der Waals surface area contributed by atoms with Crippen molar-refractivity contribution in [3.05, 3.63) is 112 Å². The summed E-state index contributed by atoms with van der Waals surface area (Å²) >= 11 is 0. The van der Waals surface area contributed by atoms with Crippen molar-refractivity contribution in [2.24, 2.45) is 0 Å². The molecular weight excluding hydrogens is 388 g/mol. The molecule has 0 aromatic heterocycles. The highest BCUT2D eigenvalue weighted by atomic mass is 16.5. The van der Waals surface area contributed by atoms with Crippen molar-refractivity contribution in [2.75, 3.05) is 6.61 Å². The molecule has 1 aliphatic rings. The highest BCUT2D eigenvalue weighted by molar-refractivity contribution is 6.28. The molecule has 0 amide bonds. The van der Waals surface area contributed by atoms with Gasteiger partial charge in [-0.25, -0.2) is 4.79 Å². The van der Waals surface area contributed by atoms with Gasteiger partial charge >= 0.3 is 5.97 Å². The molecule has 0 N–H and O–H groups in total. The predicted octanol–water partition coefficient (Wildman–Crippen LogP) is 5.49. The minimum Gasteiger partial charge on any atom is -0.463 e. The molecule has 1 aliphatic carbocycles. The van der Waals surface area contributed by atoms with Crippen molar-refractivity contribution in [3.8, 4) is 0 Å². The van der Waals surface area contributed by atoms with Crippen molar-refractivity contribution in [3.63, 3.8) is 0 Å². The predicted molar refractivity (Wildman–Crippen MR) is 122 cm³/mol. The van der Waals surface area contributed by atoms with E-state index >= 15 is 0 Å². The maximum absolute atomic E-state index is 12.8. The Kier molecular flexibility index (Phi) is 6.93. The van der Waals surface area contributed by atoms with Crippen LogP contribution >= 0.6 is 0 Å². The highest BCUT2D eigenvalue weighted by Crippen LogP contribution is 2.28. The van der Waals surface area contributed by atoms with Gasteiger partial charge in [0, 0.05) is 28.3 Å². The summed E-state index contributed by atoms with van der Waals surface area (Å²) in [5.41, 5.74) is 4.42. The molecule has 4 heteroatoms. The zero-order chi connectivity index (χ0) is 22.4. The van der Waals surface area contributed by atoms with E-state index in [-0.39, 0.29) is 17.5 Å². The Labute approximate surface area is 182 Å². The van der Waals surface area contributed by atoms with Crippen molar-refractivity contribution in [1.82, 2.24) is 0 Å². The summed E-state index contributed by atoms with van der Waals surface area (Å²) in [6.45, 7) is 5.90. The van der Waals surface area contributed by atoms with Crippen LogP contribution in [0.3, 0.4) is 0 Å². The number of rotatable bonds is 6. The number of benzene rings is 2. The van der Waals surface area contributed by atoms with Crippen LogP contribution < -0.4 is 0 Å². The molecule has 0 heterocycles. The lowest BCUT2D eigenvalue weighted by Crippen LogP contribution is -2.20. The third-order valence-corrected chi connectivity index (χ3v) is 4.84. The quantitative estimate of drug-likeness (QED) is 0.305. The lowest BCUT2D eigenvalue weighted by Gasteiger charge is -2.17. The van der Waals surface area contributed by atoms with Gasteiger partial charge in [0.2, 0.25) is 0 Å². The second-order valence-corrected chi connectivity index (χ2v) is 7.25. The number of ether oxygens (including phenoxy) is 1. The molecule has 4 nitrogen and oxygen atoms in total. The van der Waals surface area contributed by atoms with Gasteiger partial charge in [-0.15, -0.1) is 0 Å². The number of ketones is 2. The SMILES string of the molecule is CCOC(=O)/C=C(C)/C=C/C=C(C)/C=C/c1ccc2c(c1)C(=O)c1ccccc1C2=O. The number of hydrogen-bond acceptors (Lipinski definition) is 4. The van der Waals surface area contributed by atoms with Gasteiger partial charge in [0.15, 0.2) is 11.6 Å². The smallest absolute Gasteiger partial charge is 0.330 e. The second-order valence-electron chi connectivity index (χ2n) is 7.25. The minimum absolute atomic E-state index is 0.117. The topological polar surface area (TPSA) is 60.4 Å². The number of hydrogen-bond donors (Lipinski definition) is 0. The van der Waals surface area contributed by atoms with E-state index in [2.05, 4.69) is 0 Å². The van der Waals surface area contributed by atoms with Crippen LogP contribution in [0.2, 0.25) is 0 Å². The Morgan fingerprint density at radius 2 is 1.52 bits per heavy atom. The van der Waals surface area contributed by atoms with Crippen molar-refractivity contribution >= 4 is 23.6 Å². The van der Waals surface area contributed by atoms with E-state index in [1.165, 1.54) is 6.08 Å². The Morgan fingerprint density at radius 1 is 0.871 bits per heavy atom. The van der Waals surface area contributed by atoms with Crippen LogP contribution in [0.25, 0.3) is 6.08 Å². The zero-order valence-electron chi connectivity index (χ0n) is 17.8. The first-order valence-electron chi connectivity index (χ1n) is 10.1. The van der Waals surface area contributed by atoms with Crippen LogP contribution in [0.1, 0.15) is 58.2 Å². The van der Waals surface area contributed by atoms with E-state index in [1.807, 2.05) is 50.3 Å². The highest BCUT2D eigenvalue weighted by Gasteiger charge is 2.29. The molecule has 0 saturated heterocycles. The number of carbonyl (C=O) groups excluding carboxylic acids is 3. The molecule has 0 unspecified atom stereocenters. The Morgan fingerprint density at radius 3 is 2.19 bits per heavy atom. The van der Waals surface area contributed by atoms with E-state index in [0.29, 0.717) is 28.9 Å². The number of carbonyl (C=O) groups is 3. The van der Waals surface area contributed by atoms with E-state index < -0.39 is 0 Å². The average molecular weight is 412 g/mol. The fourth-order valence-corrected chi connectivity index (χ4v) is 3.27. The Hall–Kier alpha value is -3.79. The fraction of sp³-hybridized carbons (Fsp3) is 0.148. The summed E-state index contributed by atoms with van der Waals surface area (Å²) < 4.78 is 4.88. The minimum atomic E-state index is -0.353. The van der Waals surface area contributed by atoms with Crippen molar-refractivity contribution in [2.45, 2.75) is 20.8 Å². The molecule has 2 aromatic carbocycles. The molecule has 0 bridgehead atoms. The summed E-state index contributed by atoms with van der Waals surface area (Å²) in [4.78, 5) is 36.9. The van der Waals surface area contributed by atoms with E-state index in [4.69, 9.17) is 4.74 Å². The van der Waals surface area contributed by atoms with Crippen LogP contribution in [-0.4, -0.2) is 24.1 Å². The van der Waals surface area contributed by atoms with Gasteiger partial charge in [0.1, 0.15) is 0 Å². The van der Waals surface area contributed by atoms with Crippen molar-refractivity contribution in [1.29, 1.82) is 0 Å². The third-order valence-electron chi connectivity index (χ3n) is 4.84. The molecule has 0 radical (unpaired) electrons. The first-order valence-corrected chi connectivity index (χ1v) is 10.1. The maximum atomic E-state index is 12.8. The van der Waals surface area contributed by atoms with Gasteiger partial charge in [-0.3, -0.25) is 9.59 Å². The van der Waals surface area contributed by atoms with Crippen LogP contribution in [0.4, 0.5) is 0 Å².